The lowest BCUT2D eigenvalue weighted by Crippen LogP contribution is -2.51. The molecule has 0 fully saturated rings. The molecule has 0 saturated heterocycles. The van der Waals surface area contributed by atoms with Gasteiger partial charge in [-0.3, -0.25) is 9.59 Å². The highest BCUT2D eigenvalue weighted by Crippen LogP contribution is 2.33. The summed E-state index contributed by atoms with van der Waals surface area (Å²) in [5.41, 5.74) is -0.0160. The maximum atomic E-state index is 12.6. The fourth-order valence-corrected chi connectivity index (χ4v) is 4.50. The number of alkyl halides is 3. The Morgan fingerprint density at radius 1 is 1.10 bits per heavy atom. The third-order valence-corrected chi connectivity index (χ3v) is 6.48. The first-order valence-electron chi connectivity index (χ1n) is 8.37. The van der Waals surface area contributed by atoms with Gasteiger partial charge in [-0.2, -0.15) is 0 Å². The molecule has 12 heteroatoms. The van der Waals surface area contributed by atoms with Crippen LogP contribution >= 0.6 is 34.8 Å². The number of amides is 2. The largest absolute Gasteiger partial charge is 0.497 e. The molecule has 0 unspecified atom stereocenters. The monoisotopic (exact) mass is 492 g/mol. The minimum absolute atomic E-state index is 0.0160. The van der Waals surface area contributed by atoms with E-state index in [1.807, 2.05) is 0 Å². The van der Waals surface area contributed by atoms with E-state index in [-0.39, 0.29) is 16.2 Å². The maximum absolute atomic E-state index is 12.6. The van der Waals surface area contributed by atoms with Gasteiger partial charge in [-0.15, -0.1) is 0 Å². The lowest BCUT2D eigenvalue weighted by atomic mass is 10.2. The van der Waals surface area contributed by atoms with Crippen molar-refractivity contribution in [3.63, 3.8) is 0 Å². The number of carbonyl (C=O) groups excluding carboxylic acids is 2. The summed E-state index contributed by atoms with van der Waals surface area (Å²) in [6, 6.07) is 11.9. The Morgan fingerprint density at radius 2 is 1.70 bits per heavy atom. The summed E-state index contributed by atoms with van der Waals surface area (Å²) in [4.78, 5) is 24.7. The van der Waals surface area contributed by atoms with E-state index in [0.29, 0.717) is 10.1 Å². The van der Waals surface area contributed by atoms with Gasteiger partial charge in [0.2, 0.25) is 15.9 Å². The molecule has 0 radical (unpaired) electrons. The lowest BCUT2D eigenvalue weighted by molar-refractivity contribution is -0.123. The van der Waals surface area contributed by atoms with Gasteiger partial charge in [0.25, 0.3) is 15.9 Å². The number of nitrogens with zero attached hydrogens (tertiary/aromatic N) is 1. The molecule has 30 heavy (non-hydrogen) atoms. The third-order valence-electron chi connectivity index (χ3n) is 4.10. The summed E-state index contributed by atoms with van der Waals surface area (Å²) in [7, 11) is -2.67. The van der Waals surface area contributed by atoms with E-state index in [1.165, 1.54) is 43.5 Å². The molecule has 0 spiro atoms. The van der Waals surface area contributed by atoms with Crippen LogP contribution < -0.4 is 14.8 Å². The fourth-order valence-electron chi connectivity index (χ4n) is 2.68. The van der Waals surface area contributed by atoms with E-state index < -0.39 is 38.4 Å². The third kappa shape index (κ3) is 4.59. The Hall–Kier alpha value is -2.20. The van der Waals surface area contributed by atoms with E-state index in [2.05, 4.69) is 5.32 Å². The summed E-state index contributed by atoms with van der Waals surface area (Å²) in [6.07, 6.45) is -1.47. The molecule has 2 aromatic carbocycles. The quantitative estimate of drug-likeness (QED) is 0.490. The second kappa shape index (κ2) is 8.50. The molecule has 0 aliphatic carbocycles. The zero-order chi connectivity index (χ0) is 22.1. The predicted octanol–water partition coefficient (Wildman–Crippen LogP) is 2.73. The van der Waals surface area contributed by atoms with Gasteiger partial charge >= 0.3 is 0 Å². The number of rotatable bonds is 6. The number of fused-ring (bicyclic) bond motifs is 1. The molecule has 160 valence electrons. The van der Waals surface area contributed by atoms with E-state index in [4.69, 9.17) is 44.3 Å². The molecule has 1 aliphatic heterocycles. The Labute approximate surface area is 187 Å². The van der Waals surface area contributed by atoms with Crippen LogP contribution in [0.25, 0.3) is 0 Å². The van der Waals surface area contributed by atoms with Crippen LogP contribution in [0.5, 0.6) is 11.5 Å². The Kier molecular flexibility index (Phi) is 6.37. The van der Waals surface area contributed by atoms with Crippen LogP contribution in [0.1, 0.15) is 10.4 Å². The van der Waals surface area contributed by atoms with Crippen LogP contribution in [-0.4, -0.2) is 48.2 Å². The highest BCUT2D eigenvalue weighted by molar-refractivity contribution is 7.90. The van der Waals surface area contributed by atoms with E-state index in [0.717, 1.165) is 0 Å². The van der Waals surface area contributed by atoms with Crippen molar-refractivity contribution in [1.82, 2.24) is 9.62 Å². The van der Waals surface area contributed by atoms with Gasteiger partial charge in [-0.25, -0.2) is 12.7 Å². The van der Waals surface area contributed by atoms with Crippen LogP contribution in [0.15, 0.2) is 53.4 Å². The second-order valence-corrected chi connectivity index (χ2v) is 10.3. The molecular weight excluding hydrogens is 479 g/mol. The summed E-state index contributed by atoms with van der Waals surface area (Å²) >= 11 is 17.7. The van der Waals surface area contributed by atoms with Crippen molar-refractivity contribution in [2.24, 2.45) is 0 Å². The van der Waals surface area contributed by atoms with Crippen LogP contribution in [0.2, 0.25) is 0 Å². The Morgan fingerprint density at radius 3 is 2.27 bits per heavy atom. The molecule has 0 aromatic heterocycles. The summed E-state index contributed by atoms with van der Waals surface area (Å²) in [6.45, 7) is -0.806. The predicted molar refractivity (Wildman–Crippen MR) is 111 cm³/mol. The Balaban J connectivity index is 1.74. The topological polar surface area (TPSA) is 102 Å². The summed E-state index contributed by atoms with van der Waals surface area (Å²) < 4.78 is 34.1. The van der Waals surface area contributed by atoms with Gasteiger partial charge in [-0.1, -0.05) is 46.9 Å². The van der Waals surface area contributed by atoms with E-state index in [9.17, 15) is 18.0 Å². The molecule has 1 atom stereocenters. The summed E-state index contributed by atoms with van der Waals surface area (Å²) in [5, 5.41) is 2.30. The molecule has 3 rings (SSSR count). The maximum Gasteiger partial charge on any atom is 0.269 e. The highest BCUT2D eigenvalue weighted by atomic mass is 35.6. The highest BCUT2D eigenvalue weighted by Gasteiger charge is 2.43. The molecule has 1 N–H and O–H groups in total. The normalized spacial score (nSPS) is 16.0. The minimum Gasteiger partial charge on any atom is -0.497 e. The number of carbonyl (C=O) groups is 2. The van der Waals surface area contributed by atoms with Crippen LogP contribution in [-0.2, 0) is 14.8 Å². The fraction of sp³-hybridized carbons (Fsp3) is 0.222. The molecule has 1 heterocycles. The van der Waals surface area contributed by atoms with E-state index in [1.54, 1.807) is 12.1 Å². The summed E-state index contributed by atoms with van der Waals surface area (Å²) in [5.74, 6) is -0.898. The SMILES string of the molecule is COc1ccc(O[C@H](NC(=O)CN2C(=O)c3ccccc3S2(=O)=O)C(Cl)(Cl)Cl)cc1. The molecular formula is C18H15Cl3N2O6S. The number of benzene rings is 2. The molecule has 2 aromatic rings. The van der Waals surface area contributed by atoms with Crippen molar-refractivity contribution in [1.29, 1.82) is 0 Å². The standard InChI is InChI=1S/C18H15Cl3N2O6S/c1-28-11-6-8-12(9-7-11)29-17(18(19,20)21)22-15(24)10-23-16(25)13-4-2-3-5-14(13)30(23,26)27/h2-9,17H,10H2,1H3,(H,22,24)/t17-/m0/s1. The van der Waals surface area contributed by atoms with Gasteiger partial charge < -0.3 is 14.8 Å². The van der Waals surface area contributed by atoms with Crippen molar-refractivity contribution in [2.75, 3.05) is 13.7 Å². The van der Waals surface area contributed by atoms with Crippen molar-refractivity contribution in [3.8, 4) is 11.5 Å². The zero-order valence-corrected chi connectivity index (χ0v) is 18.4. The number of halogens is 3. The average Bonchev–Trinajstić information content (AvgIpc) is 2.88. The molecule has 1 aliphatic rings. The first-order valence-corrected chi connectivity index (χ1v) is 10.9. The van der Waals surface area contributed by atoms with Crippen molar-refractivity contribution < 1.29 is 27.5 Å². The molecule has 0 bridgehead atoms. The molecule has 0 saturated carbocycles. The molecule has 2 amide bonds. The van der Waals surface area contributed by atoms with Crippen molar-refractivity contribution in [3.05, 3.63) is 54.1 Å². The first kappa shape index (κ1) is 22.5. The van der Waals surface area contributed by atoms with Crippen molar-refractivity contribution in [2.45, 2.75) is 14.9 Å². The number of hydrogen-bond donors (Lipinski definition) is 1. The molecule has 8 nitrogen and oxygen atoms in total. The number of nitrogens with one attached hydrogen (secondary N) is 1. The average molecular weight is 494 g/mol. The van der Waals surface area contributed by atoms with Crippen LogP contribution in [0.4, 0.5) is 0 Å². The first-order chi connectivity index (χ1) is 14.0. The van der Waals surface area contributed by atoms with Gasteiger partial charge in [0.1, 0.15) is 22.9 Å². The van der Waals surface area contributed by atoms with Gasteiger partial charge in [-0.05, 0) is 36.4 Å². The van der Waals surface area contributed by atoms with E-state index >= 15 is 0 Å². The zero-order valence-electron chi connectivity index (χ0n) is 15.3. The lowest BCUT2D eigenvalue weighted by Gasteiger charge is -2.27. The van der Waals surface area contributed by atoms with Gasteiger partial charge in [0.05, 0.1) is 12.7 Å². The minimum atomic E-state index is -4.16. The van der Waals surface area contributed by atoms with Gasteiger partial charge in [0, 0.05) is 0 Å². The van der Waals surface area contributed by atoms with Gasteiger partial charge in [0.15, 0.2) is 0 Å². The van der Waals surface area contributed by atoms with Crippen LogP contribution in [0, 0.1) is 0 Å². The number of sulfonamides is 1. The second-order valence-electron chi connectivity index (χ2n) is 6.10. The van der Waals surface area contributed by atoms with Crippen molar-refractivity contribution >= 4 is 56.6 Å². The number of ether oxygens (including phenoxy) is 2. The Bertz CT molecular complexity index is 1070. The van der Waals surface area contributed by atoms with Crippen LogP contribution in [0.3, 0.4) is 0 Å². The smallest absolute Gasteiger partial charge is 0.269 e. The number of hydrogen-bond acceptors (Lipinski definition) is 6. The number of methoxy groups -OCH3 is 1.